The molecule has 0 bridgehead atoms. The maximum Gasteiger partial charge on any atom is 0.271 e. The minimum Gasteiger partial charge on any atom is -0.322 e. The highest BCUT2D eigenvalue weighted by atomic mass is 19.1. The Balaban J connectivity index is 3.01. The Morgan fingerprint density at radius 1 is 1.44 bits per heavy atom. The number of likely N-dealkylation sites (N-methyl/N-ethyl adjacent to an activating group) is 1. The highest BCUT2D eigenvalue weighted by Gasteiger charge is 2.26. The summed E-state index contributed by atoms with van der Waals surface area (Å²) in [5.41, 5.74) is -1.40. The van der Waals surface area contributed by atoms with E-state index in [9.17, 15) is 19.3 Å². The largest absolute Gasteiger partial charge is 0.322 e. The average molecular weight is 255 g/mol. The number of nitrogens with zero attached hydrogens (tertiary/aromatic N) is 1. The molecule has 0 radical (unpaired) electrons. The van der Waals surface area contributed by atoms with E-state index in [4.69, 9.17) is 0 Å². The molecular weight excluding hydrogens is 241 g/mol. The second-order valence-corrected chi connectivity index (χ2v) is 4.25. The van der Waals surface area contributed by atoms with E-state index in [-0.39, 0.29) is 11.4 Å². The summed E-state index contributed by atoms with van der Waals surface area (Å²) >= 11 is 0. The highest BCUT2D eigenvalue weighted by molar-refractivity contribution is 5.97. The van der Waals surface area contributed by atoms with Crippen LogP contribution < -0.4 is 10.6 Å². The molecule has 0 unspecified atom stereocenters. The van der Waals surface area contributed by atoms with Crippen molar-refractivity contribution in [2.45, 2.75) is 19.4 Å². The summed E-state index contributed by atoms with van der Waals surface area (Å²) in [6, 6.07) is 2.97. The van der Waals surface area contributed by atoms with Crippen molar-refractivity contribution >= 4 is 17.3 Å². The van der Waals surface area contributed by atoms with Crippen molar-refractivity contribution < 1.29 is 14.1 Å². The first kappa shape index (κ1) is 14.0. The number of nitrogens with one attached hydrogen (secondary N) is 2. The number of nitro benzene ring substituents is 1. The van der Waals surface area contributed by atoms with Crippen LogP contribution in [0, 0.1) is 15.9 Å². The fraction of sp³-hybridized carbons (Fsp3) is 0.364. The summed E-state index contributed by atoms with van der Waals surface area (Å²) in [5, 5.41) is 15.6. The smallest absolute Gasteiger partial charge is 0.271 e. The Labute approximate surface area is 103 Å². The van der Waals surface area contributed by atoms with Gasteiger partial charge >= 0.3 is 0 Å². The molecule has 0 saturated carbocycles. The van der Waals surface area contributed by atoms with Crippen LogP contribution in [0.5, 0.6) is 0 Å². The average Bonchev–Trinajstić information content (AvgIpc) is 2.31. The summed E-state index contributed by atoms with van der Waals surface area (Å²) in [4.78, 5) is 21.7. The number of carbonyl (C=O) groups is 1. The molecule has 1 aromatic rings. The molecule has 0 aliphatic heterocycles. The zero-order valence-electron chi connectivity index (χ0n) is 10.3. The minimum absolute atomic E-state index is 0.211. The van der Waals surface area contributed by atoms with Crippen molar-refractivity contribution in [1.82, 2.24) is 5.32 Å². The van der Waals surface area contributed by atoms with E-state index >= 15 is 0 Å². The molecule has 0 atom stereocenters. The van der Waals surface area contributed by atoms with Crippen LogP contribution >= 0.6 is 0 Å². The number of carbonyl (C=O) groups excluding carboxylic acids is 1. The molecule has 18 heavy (non-hydrogen) atoms. The summed E-state index contributed by atoms with van der Waals surface area (Å²) in [6.45, 7) is 3.22. The SMILES string of the molecule is CNC(C)(C)C(=O)Nc1cc([N+](=O)[O-])ccc1F. The lowest BCUT2D eigenvalue weighted by atomic mass is 10.1. The normalized spacial score (nSPS) is 11.1. The van der Waals surface area contributed by atoms with Crippen LogP contribution in [0.4, 0.5) is 15.8 Å². The molecule has 2 N–H and O–H groups in total. The maximum atomic E-state index is 13.4. The summed E-state index contributed by atoms with van der Waals surface area (Å²) in [6.07, 6.45) is 0. The molecule has 0 aliphatic rings. The second kappa shape index (κ2) is 5.09. The van der Waals surface area contributed by atoms with Crippen LogP contribution in [0.3, 0.4) is 0 Å². The number of amides is 1. The lowest BCUT2D eigenvalue weighted by Crippen LogP contribution is -2.48. The van der Waals surface area contributed by atoms with Gasteiger partial charge in [-0.25, -0.2) is 4.39 Å². The first-order valence-corrected chi connectivity index (χ1v) is 5.22. The molecule has 0 aliphatic carbocycles. The van der Waals surface area contributed by atoms with Crippen LogP contribution in [0.2, 0.25) is 0 Å². The zero-order chi connectivity index (χ0) is 13.9. The van der Waals surface area contributed by atoms with Gasteiger partial charge in [0.2, 0.25) is 5.91 Å². The van der Waals surface area contributed by atoms with Gasteiger partial charge in [0.25, 0.3) is 5.69 Å². The molecule has 0 aromatic heterocycles. The van der Waals surface area contributed by atoms with Gasteiger partial charge in [0.05, 0.1) is 16.1 Å². The van der Waals surface area contributed by atoms with Crippen molar-refractivity contribution in [3.8, 4) is 0 Å². The predicted octanol–water partition coefficient (Wildman–Crippen LogP) is 1.67. The highest BCUT2D eigenvalue weighted by Crippen LogP contribution is 2.22. The van der Waals surface area contributed by atoms with E-state index in [1.165, 1.54) is 0 Å². The molecule has 0 heterocycles. The van der Waals surface area contributed by atoms with Gasteiger partial charge in [0.1, 0.15) is 5.82 Å². The molecule has 1 aromatic carbocycles. The van der Waals surface area contributed by atoms with Gasteiger partial charge in [-0.1, -0.05) is 0 Å². The summed E-state index contributed by atoms with van der Waals surface area (Å²) in [7, 11) is 1.59. The molecule has 98 valence electrons. The van der Waals surface area contributed by atoms with E-state index in [1.807, 2.05) is 0 Å². The molecule has 0 spiro atoms. The van der Waals surface area contributed by atoms with Crippen molar-refractivity contribution in [2.75, 3.05) is 12.4 Å². The molecule has 7 heteroatoms. The third-order valence-electron chi connectivity index (χ3n) is 2.60. The number of hydrogen-bond donors (Lipinski definition) is 2. The lowest BCUT2D eigenvalue weighted by molar-refractivity contribution is -0.384. The Kier molecular flexibility index (Phi) is 3.97. The Morgan fingerprint density at radius 3 is 2.56 bits per heavy atom. The topological polar surface area (TPSA) is 84.3 Å². The predicted molar refractivity (Wildman–Crippen MR) is 64.8 cm³/mol. The van der Waals surface area contributed by atoms with Crippen molar-refractivity contribution in [2.24, 2.45) is 0 Å². The number of rotatable bonds is 4. The monoisotopic (exact) mass is 255 g/mol. The maximum absolute atomic E-state index is 13.4. The summed E-state index contributed by atoms with van der Waals surface area (Å²) in [5.74, 6) is -1.20. The van der Waals surface area contributed by atoms with E-state index in [1.54, 1.807) is 20.9 Å². The third-order valence-corrected chi connectivity index (χ3v) is 2.60. The van der Waals surface area contributed by atoms with Gasteiger partial charge in [0, 0.05) is 12.1 Å². The number of nitro groups is 1. The number of non-ortho nitro benzene ring substituents is 1. The van der Waals surface area contributed by atoms with Crippen LogP contribution in [-0.2, 0) is 4.79 Å². The molecule has 1 rings (SSSR count). The van der Waals surface area contributed by atoms with Gasteiger partial charge in [-0.05, 0) is 27.0 Å². The van der Waals surface area contributed by atoms with E-state index < -0.39 is 22.2 Å². The van der Waals surface area contributed by atoms with Crippen molar-refractivity contribution in [1.29, 1.82) is 0 Å². The molecule has 0 saturated heterocycles. The third kappa shape index (κ3) is 3.01. The van der Waals surface area contributed by atoms with Crippen LogP contribution in [0.1, 0.15) is 13.8 Å². The number of benzene rings is 1. The number of halogens is 1. The molecule has 0 fully saturated rings. The standard InChI is InChI=1S/C11H14FN3O3/c1-11(2,13-3)10(16)14-9-6-7(15(17)18)4-5-8(9)12/h4-6,13H,1-3H3,(H,14,16). The quantitative estimate of drug-likeness (QED) is 0.633. The molecule has 6 nitrogen and oxygen atoms in total. The van der Waals surface area contributed by atoms with Gasteiger partial charge in [-0.15, -0.1) is 0 Å². The van der Waals surface area contributed by atoms with E-state index in [2.05, 4.69) is 10.6 Å². The van der Waals surface area contributed by atoms with Gasteiger partial charge in [0.15, 0.2) is 0 Å². The van der Waals surface area contributed by atoms with Gasteiger partial charge in [-0.2, -0.15) is 0 Å². The fourth-order valence-electron chi connectivity index (χ4n) is 1.11. The second-order valence-electron chi connectivity index (χ2n) is 4.25. The van der Waals surface area contributed by atoms with E-state index in [0.29, 0.717) is 0 Å². The lowest BCUT2D eigenvalue weighted by Gasteiger charge is -2.22. The first-order chi connectivity index (χ1) is 8.27. The van der Waals surface area contributed by atoms with Crippen LogP contribution in [-0.4, -0.2) is 23.4 Å². The van der Waals surface area contributed by atoms with E-state index in [0.717, 1.165) is 18.2 Å². The number of hydrogen-bond acceptors (Lipinski definition) is 4. The van der Waals surface area contributed by atoms with Crippen molar-refractivity contribution in [3.63, 3.8) is 0 Å². The Morgan fingerprint density at radius 2 is 2.06 bits per heavy atom. The van der Waals surface area contributed by atoms with Gasteiger partial charge in [-0.3, -0.25) is 14.9 Å². The fourth-order valence-corrected chi connectivity index (χ4v) is 1.11. The Bertz CT molecular complexity index is 488. The van der Waals surface area contributed by atoms with Crippen LogP contribution in [0.15, 0.2) is 18.2 Å². The first-order valence-electron chi connectivity index (χ1n) is 5.22. The minimum atomic E-state index is -0.906. The molecular formula is C11H14FN3O3. The van der Waals surface area contributed by atoms with Gasteiger partial charge < -0.3 is 10.6 Å². The van der Waals surface area contributed by atoms with Crippen molar-refractivity contribution in [3.05, 3.63) is 34.1 Å². The van der Waals surface area contributed by atoms with Crippen LogP contribution in [0.25, 0.3) is 0 Å². The Hall–Kier alpha value is -2.02. The number of anilines is 1. The summed E-state index contributed by atoms with van der Waals surface area (Å²) < 4.78 is 13.4. The molecule has 1 amide bonds. The zero-order valence-corrected chi connectivity index (χ0v) is 10.3.